The van der Waals surface area contributed by atoms with Crippen LogP contribution in [-0.2, 0) is 6.42 Å². The molecule has 3 N–H and O–H groups in total. The number of aliphatic hydroxyl groups is 2. The van der Waals surface area contributed by atoms with E-state index < -0.39 is 11.7 Å². The van der Waals surface area contributed by atoms with Crippen molar-refractivity contribution < 1.29 is 10.2 Å². The second-order valence-electron chi connectivity index (χ2n) is 8.24. The lowest BCUT2D eigenvalue weighted by molar-refractivity contribution is 0.0945. The van der Waals surface area contributed by atoms with Crippen molar-refractivity contribution in [2.24, 2.45) is 0 Å². The quantitative estimate of drug-likeness (QED) is 0.392. The van der Waals surface area contributed by atoms with E-state index in [1.807, 2.05) is 0 Å². The number of nitrogens with zero attached hydrogens (tertiary/aromatic N) is 8. The summed E-state index contributed by atoms with van der Waals surface area (Å²) in [5, 5.41) is 45.5. The van der Waals surface area contributed by atoms with Crippen LogP contribution in [0.2, 0.25) is 0 Å². The smallest absolute Gasteiger partial charge is 0.164 e. The molecule has 4 aromatic heterocycles. The number of nitrogens with one attached hydrogen (secondary N) is 1. The normalized spacial score (nSPS) is 12.6. The molecule has 32 heavy (non-hydrogen) atoms. The van der Waals surface area contributed by atoms with Crippen LogP contribution >= 0.6 is 0 Å². The van der Waals surface area contributed by atoms with Gasteiger partial charge >= 0.3 is 0 Å². The average molecular weight is 433 g/mol. The zero-order valence-corrected chi connectivity index (χ0v) is 17.9. The monoisotopic (exact) mass is 433 g/mol. The van der Waals surface area contributed by atoms with E-state index in [-0.39, 0.29) is 6.54 Å². The zero-order valence-electron chi connectivity index (χ0n) is 17.9. The molecule has 1 atom stereocenters. The SMILES string of the molecule is CC(O)Cc1cn(-c2cnc(-n3ncc4cc(C#N)cnc43)cc2NCC(C)(C)O)nn1. The van der Waals surface area contributed by atoms with Gasteiger partial charge in [0.25, 0.3) is 0 Å². The Kier molecular flexibility index (Phi) is 5.56. The van der Waals surface area contributed by atoms with Crippen molar-refractivity contribution in [1.82, 2.24) is 34.7 Å². The molecule has 0 aliphatic rings. The Bertz CT molecular complexity index is 1290. The lowest BCUT2D eigenvalue weighted by Gasteiger charge is -2.20. The number of anilines is 1. The standard InChI is InChI=1S/C21H23N9O2/c1-13(31)4-16-11-29(28-27-16)18-10-23-19(6-17(18)25-12-21(2,3)32)30-20-15(9-26-30)5-14(7-22)8-24-20/h5-6,8-11,13,31-32H,4,12H2,1-3H3,(H,23,25). The van der Waals surface area contributed by atoms with Gasteiger partial charge in [-0.3, -0.25) is 0 Å². The fourth-order valence-electron chi connectivity index (χ4n) is 3.15. The van der Waals surface area contributed by atoms with Crippen LogP contribution in [-0.4, -0.2) is 63.2 Å². The molecule has 0 aromatic carbocycles. The molecule has 0 spiro atoms. The van der Waals surface area contributed by atoms with Gasteiger partial charge in [-0.15, -0.1) is 5.10 Å². The van der Waals surface area contributed by atoms with Gasteiger partial charge in [0.05, 0.1) is 47.2 Å². The lowest BCUT2D eigenvalue weighted by Crippen LogP contribution is -2.29. The van der Waals surface area contributed by atoms with Crippen LogP contribution in [0.25, 0.3) is 22.5 Å². The molecular formula is C21H23N9O2. The molecule has 11 heteroatoms. The number of pyridine rings is 2. The minimum absolute atomic E-state index is 0.280. The fourth-order valence-corrected chi connectivity index (χ4v) is 3.15. The first-order chi connectivity index (χ1) is 15.2. The van der Waals surface area contributed by atoms with E-state index >= 15 is 0 Å². The van der Waals surface area contributed by atoms with Crippen LogP contribution in [0, 0.1) is 11.3 Å². The summed E-state index contributed by atoms with van der Waals surface area (Å²) >= 11 is 0. The predicted molar refractivity (Wildman–Crippen MR) is 116 cm³/mol. The van der Waals surface area contributed by atoms with Crippen molar-refractivity contribution in [3.63, 3.8) is 0 Å². The minimum atomic E-state index is -0.950. The molecule has 164 valence electrons. The molecule has 1 unspecified atom stereocenters. The Labute approximate surface area is 184 Å². The van der Waals surface area contributed by atoms with E-state index in [4.69, 9.17) is 5.26 Å². The highest BCUT2D eigenvalue weighted by atomic mass is 16.3. The second-order valence-corrected chi connectivity index (χ2v) is 8.24. The maximum absolute atomic E-state index is 10.2. The molecule has 0 aliphatic heterocycles. The van der Waals surface area contributed by atoms with E-state index in [1.165, 1.54) is 6.20 Å². The van der Waals surface area contributed by atoms with Gasteiger partial charge in [0, 0.05) is 30.6 Å². The Balaban J connectivity index is 1.76. The largest absolute Gasteiger partial charge is 0.393 e. The van der Waals surface area contributed by atoms with Gasteiger partial charge in [-0.05, 0) is 26.8 Å². The summed E-state index contributed by atoms with van der Waals surface area (Å²) in [6.45, 7) is 5.38. The van der Waals surface area contributed by atoms with Crippen molar-refractivity contribution in [2.75, 3.05) is 11.9 Å². The first-order valence-electron chi connectivity index (χ1n) is 10.0. The van der Waals surface area contributed by atoms with Gasteiger partial charge in [0.15, 0.2) is 11.5 Å². The first-order valence-corrected chi connectivity index (χ1v) is 10.0. The van der Waals surface area contributed by atoms with Crippen LogP contribution in [0.5, 0.6) is 0 Å². The number of hydrogen-bond donors (Lipinski definition) is 3. The predicted octanol–water partition coefficient (Wildman–Crippen LogP) is 1.37. The van der Waals surface area contributed by atoms with E-state index in [0.717, 1.165) is 5.39 Å². The Morgan fingerprint density at radius 3 is 2.75 bits per heavy atom. The Morgan fingerprint density at radius 1 is 1.22 bits per heavy atom. The molecule has 0 fully saturated rings. The van der Waals surface area contributed by atoms with Crippen LogP contribution in [0.1, 0.15) is 32.0 Å². The Hall–Kier alpha value is -3.88. The summed E-state index contributed by atoms with van der Waals surface area (Å²) in [5.41, 5.74) is 1.99. The number of aliphatic hydroxyl groups excluding tert-OH is 1. The molecule has 11 nitrogen and oxygen atoms in total. The molecule has 4 rings (SSSR count). The number of hydrogen-bond acceptors (Lipinski definition) is 9. The van der Waals surface area contributed by atoms with Crippen molar-refractivity contribution in [2.45, 2.75) is 38.9 Å². The number of fused-ring (bicyclic) bond motifs is 1. The molecule has 4 aromatic rings. The topological polar surface area (TPSA) is 151 Å². The van der Waals surface area contributed by atoms with Crippen molar-refractivity contribution in [3.05, 3.63) is 48.2 Å². The Morgan fingerprint density at radius 2 is 2.03 bits per heavy atom. The van der Waals surface area contributed by atoms with Crippen molar-refractivity contribution >= 4 is 16.7 Å². The van der Waals surface area contributed by atoms with Crippen LogP contribution < -0.4 is 5.32 Å². The molecule has 0 radical (unpaired) electrons. The lowest BCUT2D eigenvalue weighted by atomic mass is 10.1. The van der Waals surface area contributed by atoms with Gasteiger partial charge in [-0.1, -0.05) is 5.21 Å². The molecular weight excluding hydrogens is 410 g/mol. The maximum Gasteiger partial charge on any atom is 0.164 e. The van der Waals surface area contributed by atoms with Crippen molar-refractivity contribution in [3.8, 4) is 17.6 Å². The summed E-state index contributed by atoms with van der Waals surface area (Å²) in [4.78, 5) is 8.86. The van der Waals surface area contributed by atoms with Gasteiger partial charge in [-0.25, -0.2) is 14.6 Å². The molecule has 4 heterocycles. The average Bonchev–Trinajstić information content (AvgIpc) is 3.37. The van der Waals surface area contributed by atoms with Crippen LogP contribution in [0.3, 0.4) is 0 Å². The maximum atomic E-state index is 10.2. The third-order valence-corrected chi connectivity index (χ3v) is 4.63. The zero-order chi connectivity index (χ0) is 22.9. The fraction of sp³-hybridized carbons (Fsp3) is 0.333. The minimum Gasteiger partial charge on any atom is -0.393 e. The van der Waals surface area contributed by atoms with E-state index in [9.17, 15) is 10.2 Å². The summed E-state index contributed by atoms with van der Waals surface area (Å²) in [7, 11) is 0. The second kappa shape index (κ2) is 8.33. The number of nitriles is 1. The molecule has 0 aliphatic carbocycles. The van der Waals surface area contributed by atoms with Crippen LogP contribution in [0.15, 0.2) is 36.9 Å². The highest BCUT2D eigenvalue weighted by Crippen LogP contribution is 2.24. The van der Waals surface area contributed by atoms with Gasteiger partial charge in [0.1, 0.15) is 11.8 Å². The van der Waals surface area contributed by atoms with Gasteiger partial charge in [0.2, 0.25) is 0 Å². The van der Waals surface area contributed by atoms with Crippen molar-refractivity contribution in [1.29, 1.82) is 5.26 Å². The number of aromatic nitrogens is 7. The third kappa shape index (κ3) is 4.56. The summed E-state index contributed by atoms with van der Waals surface area (Å²) in [5.74, 6) is 0.503. The summed E-state index contributed by atoms with van der Waals surface area (Å²) in [6.07, 6.45) is 6.32. The highest BCUT2D eigenvalue weighted by Gasteiger charge is 2.17. The van der Waals surface area contributed by atoms with E-state index in [1.54, 1.807) is 60.9 Å². The highest BCUT2D eigenvalue weighted by molar-refractivity contribution is 5.77. The summed E-state index contributed by atoms with van der Waals surface area (Å²) in [6, 6.07) is 5.56. The molecule has 0 amide bonds. The molecule has 0 saturated heterocycles. The van der Waals surface area contributed by atoms with E-state index in [2.05, 4.69) is 36.8 Å². The molecule has 0 saturated carbocycles. The van der Waals surface area contributed by atoms with Gasteiger partial charge < -0.3 is 15.5 Å². The van der Waals surface area contributed by atoms with E-state index in [0.29, 0.717) is 40.5 Å². The molecule has 0 bridgehead atoms. The number of rotatable bonds is 7. The van der Waals surface area contributed by atoms with Gasteiger partial charge in [-0.2, -0.15) is 15.0 Å². The first kappa shape index (κ1) is 21.4. The third-order valence-electron chi connectivity index (χ3n) is 4.63. The van der Waals surface area contributed by atoms with Crippen LogP contribution in [0.4, 0.5) is 5.69 Å². The summed E-state index contributed by atoms with van der Waals surface area (Å²) < 4.78 is 3.15.